The second kappa shape index (κ2) is 13.9. The van der Waals surface area contributed by atoms with Gasteiger partial charge in [-0.2, -0.15) is 11.8 Å². The van der Waals surface area contributed by atoms with E-state index in [1.807, 2.05) is 0 Å². The summed E-state index contributed by atoms with van der Waals surface area (Å²) in [6.07, 6.45) is 18.4. The number of Topliss-reactive ketones (excluding diaryl/α,β-unsaturated/α-hetero) is 1. The summed E-state index contributed by atoms with van der Waals surface area (Å²) in [7, 11) is 0. The van der Waals surface area contributed by atoms with Gasteiger partial charge in [-0.05, 0) is 50.7 Å². The summed E-state index contributed by atoms with van der Waals surface area (Å²) < 4.78 is 0. The lowest BCUT2D eigenvalue weighted by Crippen LogP contribution is -2.29. The summed E-state index contributed by atoms with van der Waals surface area (Å²) in [5.41, 5.74) is 3.43. The van der Waals surface area contributed by atoms with Crippen LogP contribution in [-0.2, 0) is 4.79 Å². The molecule has 1 atom stereocenters. The third-order valence-electron chi connectivity index (χ3n) is 6.15. The van der Waals surface area contributed by atoms with Gasteiger partial charge < -0.3 is 0 Å². The average molecular weight is 395 g/mol. The number of hydrogen-bond donors (Lipinski definition) is 0. The summed E-state index contributed by atoms with van der Waals surface area (Å²) in [4.78, 5) is 11.9. The van der Waals surface area contributed by atoms with E-state index in [9.17, 15) is 4.79 Å². The molecule has 0 N–H and O–H groups in total. The Morgan fingerprint density at radius 3 is 2.07 bits per heavy atom. The Morgan fingerprint density at radius 2 is 1.56 bits per heavy atom. The van der Waals surface area contributed by atoms with Crippen LogP contribution in [0.15, 0.2) is 11.1 Å². The van der Waals surface area contributed by atoms with Crippen LogP contribution >= 0.6 is 11.8 Å². The molecule has 1 aliphatic carbocycles. The molecular weight excluding hydrogens is 348 g/mol. The van der Waals surface area contributed by atoms with Crippen molar-refractivity contribution in [3.63, 3.8) is 0 Å². The molecule has 1 nitrogen and oxygen atoms in total. The van der Waals surface area contributed by atoms with E-state index >= 15 is 0 Å². The Bertz CT molecular complexity index is 449. The zero-order valence-electron chi connectivity index (χ0n) is 19.0. The van der Waals surface area contributed by atoms with Crippen molar-refractivity contribution >= 4 is 17.5 Å². The number of allylic oxidation sites excluding steroid dienone is 1. The monoisotopic (exact) mass is 394 g/mol. The minimum atomic E-state index is 0.271. The molecule has 0 spiro atoms. The third-order valence-corrected chi connectivity index (χ3v) is 7.48. The smallest absolute Gasteiger partial charge is 0.131 e. The van der Waals surface area contributed by atoms with Crippen LogP contribution in [0.4, 0.5) is 0 Å². The maximum atomic E-state index is 11.9. The quantitative estimate of drug-likeness (QED) is 0.204. The first kappa shape index (κ1) is 24.8. The minimum Gasteiger partial charge on any atom is -0.300 e. The first-order valence-corrected chi connectivity index (χ1v) is 12.7. The molecule has 0 bridgehead atoms. The molecule has 0 heterocycles. The maximum Gasteiger partial charge on any atom is 0.131 e. The topological polar surface area (TPSA) is 17.1 Å². The summed E-state index contributed by atoms with van der Waals surface area (Å²) in [6, 6.07) is 0. The average Bonchev–Trinajstić information content (AvgIpc) is 2.58. The molecule has 0 aromatic rings. The first-order valence-electron chi connectivity index (χ1n) is 11.7. The van der Waals surface area contributed by atoms with Gasteiger partial charge in [0.05, 0.1) is 0 Å². The van der Waals surface area contributed by atoms with Gasteiger partial charge in [-0.25, -0.2) is 0 Å². The van der Waals surface area contributed by atoms with Gasteiger partial charge in [-0.15, -0.1) is 0 Å². The van der Waals surface area contributed by atoms with Crippen LogP contribution in [0, 0.1) is 5.41 Å². The van der Waals surface area contributed by atoms with Crippen LogP contribution < -0.4 is 0 Å². The molecule has 0 saturated carbocycles. The third kappa shape index (κ3) is 10.2. The van der Waals surface area contributed by atoms with Gasteiger partial charge in [0.25, 0.3) is 0 Å². The highest BCUT2D eigenvalue weighted by atomic mass is 32.2. The predicted molar refractivity (Wildman–Crippen MR) is 124 cm³/mol. The van der Waals surface area contributed by atoms with Gasteiger partial charge in [0.15, 0.2) is 0 Å². The van der Waals surface area contributed by atoms with Crippen LogP contribution in [0.3, 0.4) is 0 Å². The fourth-order valence-corrected chi connectivity index (χ4v) is 6.37. The van der Waals surface area contributed by atoms with Crippen LogP contribution in [0.25, 0.3) is 0 Å². The molecule has 0 aromatic heterocycles. The van der Waals surface area contributed by atoms with Crippen LogP contribution in [0.2, 0.25) is 0 Å². The van der Waals surface area contributed by atoms with Gasteiger partial charge in [0, 0.05) is 11.7 Å². The Balaban J connectivity index is 2.31. The fourth-order valence-electron chi connectivity index (χ4n) is 4.67. The van der Waals surface area contributed by atoms with E-state index in [-0.39, 0.29) is 5.41 Å². The standard InChI is InChI=1S/C25H46OS/c1-6-7-8-9-10-11-12-13-14-15-19-27-23(20-22(3)26)24-21(2)17-16-18-25(24,4)5/h23H,6-20H2,1-5H3/t23-/m1/s1. The zero-order valence-corrected chi connectivity index (χ0v) is 19.8. The zero-order chi connectivity index (χ0) is 20.1. The summed E-state index contributed by atoms with van der Waals surface area (Å²) in [6.45, 7) is 11.1. The van der Waals surface area contributed by atoms with E-state index in [0.29, 0.717) is 11.0 Å². The van der Waals surface area contributed by atoms with E-state index in [0.717, 1.165) is 6.42 Å². The Morgan fingerprint density at radius 1 is 1.00 bits per heavy atom. The number of unbranched alkanes of at least 4 members (excludes halogenated alkanes) is 9. The van der Waals surface area contributed by atoms with Crippen molar-refractivity contribution < 1.29 is 4.79 Å². The van der Waals surface area contributed by atoms with Gasteiger partial charge >= 0.3 is 0 Å². The van der Waals surface area contributed by atoms with E-state index in [1.54, 1.807) is 18.1 Å². The fraction of sp³-hybridized carbons (Fsp3) is 0.880. The first-order chi connectivity index (χ1) is 12.9. The number of hydrogen-bond acceptors (Lipinski definition) is 2. The molecule has 27 heavy (non-hydrogen) atoms. The number of ketones is 1. The number of rotatable bonds is 15. The second-order valence-corrected chi connectivity index (χ2v) is 10.7. The van der Waals surface area contributed by atoms with Crippen molar-refractivity contribution in [3.05, 3.63) is 11.1 Å². The molecule has 0 unspecified atom stereocenters. The van der Waals surface area contributed by atoms with Crippen LogP contribution in [0.5, 0.6) is 0 Å². The second-order valence-electron chi connectivity index (χ2n) is 9.38. The highest BCUT2D eigenvalue weighted by Crippen LogP contribution is 2.46. The van der Waals surface area contributed by atoms with E-state index < -0.39 is 0 Å². The van der Waals surface area contributed by atoms with Gasteiger partial charge in [-0.1, -0.05) is 89.7 Å². The largest absolute Gasteiger partial charge is 0.300 e. The highest BCUT2D eigenvalue weighted by Gasteiger charge is 2.34. The Kier molecular flexibility index (Phi) is 12.7. The van der Waals surface area contributed by atoms with Crippen molar-refractivity contribution in [2.75, 3.05) is 5.75 Å². The molecule has 0 aromatic carbocycles. The van der Waals surface area contributed by atoms with Gasteiger partial charge in [0.1, 0.15) is 5.78 Å². The molecule has 1 aliphatic rings. The van der Waals surface area contributed by atoms with E-state index in [2.05, 4.69) is 39.5 Å². The van der Waals surface area contributed by atoms with Gasteiger partial charge in [-0.3, -0.25) is 4.79 Å². The highest BCUT2D eigenvalue weighted by molar-refractivity contribution is 8.00. The molecule has 0 amide bonds. The lowest BCUT2D eigenvalue weighted by molar-refractivity contribution is -0.116. The van der Waals surface area contributed by atoms with Gasteiger partial charge in [0.2, 0.25) is 0 Å². The summed E-state index contributed by atoms with van der Waals surface area (Å²) in [5, 5.41) is 0.413. The number of thioether (sulfide) groups is 1. The van der Waals surface area contributed by atoms with E-state index in [4.69, 9.17) is 0 Å². The SMILES string of the molecule is CCCCCCCCCCCCS[C@H](CC(C)=O)C1=C(C)CCCC1(C)C. The lowest BCUT2D eigenvalue weighted by Gasteiger charge is -2.38. The number of carbonyl (C=O) groups excluding carboxylic acids is 1. The van der Waals surface area contributed by atoms with E-state index in [1.165, 1.54) is 89.2 Å². The van der Waals surface area contributed by atoms with Crippen molar-refractivity contribution in [2.24, 2.45) is 5.41 Å². The van der Waals surface area contributed by atoms with Crippen molar-refractivity contribution in [1.82, 2.24) is 0 Å². The van der Waals surface area contributed by atoms with Crippen molar-refractivity contribution in [1.29, 1.82) is 0 Å². The van der Waals surface area contributed by atoms with Crippen molar-refractivity contribution in [2.45, 2.75) is 130 Å². The maximum absolute atomic E-state index is 11.9. The molecule has 0 aliphatic heterocycles. The summed E-state index contributed by atoms with van der Waals surface area (Å²) in [5.74, 6) is 1.55. The Labute approximate surface area is 174 Å². The lowest BCUT2D eigenvalue weighted by atomic mass is 9.71. The molecule has 0 fully saturated rings. The molecule has 158 valence electrons. The normalized spacial score (nSPS) is 18.0. The van der Waals surface area contributed by atoms with Crippen LogP contribution in [0.1, 0.15) is 125 Å². The minimum absolute atomic E-state index is 0.271. The molecular formula is C25H46OS. The predicted octanol–water partition coefficient (Wildman–Crippen LogP) is 8.51. The Hall–Kier alpha value is -0.240. The molecule has 0 radical (unpaired) electrons. The number of carbonyl (C=O) groups is 1. The molecule has 0 saturated heterocycles. The van der Waals surface area contributed by atoms with Crippen molar-refractivity contribution in [3.8, 4) is 0 Å². The summed E-state index contributed by atoms with van der Waals surface area (Å²) >= 11 is 2.06. The van der Waals surface area contributed by atoms with Crippen LogP contribution in [-0.4, -0.2) is 16.8 Å². The molecule has 1 rings (SSSR count). The molecule has 2 heteroatoms.